The van der Waals surface area contributed by atoms with Gasteiger partial charge in [0.05, 0.1) is 39.0 Å². The second kappa shape index (κ2) is 9.61. The smallest absolute Gasteiger partial charge is 0.412 e. The van der Waals surface area contributed by atoms with Crippen LogP contribution < -0.4 is 16.5 Å². The van der Waals surface area contributed by atoms with E-state index in [2.05, 4.69) is 21.2 Å². The fraction of sp³-hybridized carbons (Fsp3) is 0.261. The van der Waals surface area contributed by atoms with Crippen molar-refractivity contribution in [1.82, 2.24) is 4.57 Å². The monoisotopic (exact) mass is 555 g/mol. The summed E-state index contributed by atoms with van der Waals surface area (Å²) in [4.78, 5) is 37.5. The summed E-state index contributed by atoms with van der Waals surface area (Å²) < 4.78 is 54.8. The molecule has 2 aromatic carbocycles. The van der Waals surface area contributed by atoms with Gasteiger partial charge in [0, 0.05) is 12.3 Å². The van der Waals surface area contributed by atoms with E-state index in [1.54, 1.807) is 20.8 Å². The van der Waals surface area contributed by atoms with E-state index in [-0.39, 0.29) is 33.4 Å². The number of aromatic nitrogens is 1. The molecule has 0 aliphatic carbocycles. The summed E-state index contributed by atoms with van der Waals surface area (Å²) in [6, 6.07) is 2.23. The fourth-order valence-electron chi connectivity index (χ4n) is 3.21. The minimum absolute atomic E-state index is 0.0645. The van der Waals surface area contributed by atoms with Gasteiger partial charge in [-0.2, -0.15) is 0 Å². The number of benzene rings is 2. The van der Waals surface area contributed by atoms with Gasteiger partial charge in [0.15, 0.2) is 0 Å². The summed E-state index contributed by atoms with van der Waals surface area (Å²) in [6.45, 7) is 6.25. The van der Waals surface area contributed by atoms with Crippen molar-refractivity contribution in [1.29, 1.82) is 0 Å². The van der Waals surface area contributed by atoms with Crippen LogP contribution in [0.5, 0.6) is 0 Å². The number of esters is 1. The van der Waals surface area contributed by atoms with Crippen molar-refractivity contribution < 1.29 is 32.2 Å². The quantitative estimate of drug-likeness (QED) is 0.334. The van der Waals surface area contributed by atoms with Gasteiger partial charge in [-0.15, -0.1) is 0 Å². The number of carbonyl (C=O) groups excluding carboxylic acids is 2. The Labute approximate surface area is 205 Å². The molecule has 1 aromatic heterocycles. The summed E-state index contributed by atoms with van der Waals surface area (Å²) in [5.74, 6) is -4.22. The molecule has 0 aliphatic heterocycles. The molecule has 0 aliphatic rings. The van der Waals surface area contributed by atoms with Gasteiger partial charge < -0.3 is 19.8 Å². The summed E-state index contributed by atoms with van der Waals surface area (Å²) in [6.07, 6.45) is -0.0309. The molecule has 0 spiro atoms. The van der Waals surface area contributed by atoms with Gasteiger partial charge >= 0.3 is 12.1 Å². The van der Waals surface area contributed by atoms with Gasteiger partial charge in [0.25, 0.3) is 0 Å². The number of amides is 1. The number of carbonyl (C=O) groups is 2. The molecule has 3 N–H and O–H groups in total. The van der Waals surface area contributed by atoms with Crippen molar-refractivity contribution in [2.45, 2.75) is 33.3 Å². The zero-order valence-electron chi connectivity index (χ0n) is 19.1. The topological polar surface area (TPSA) is 113 Å². The van der Waals surface area contributed by atoms with E-state index >= 15 is 4.39 Å². The van der Waals surface area contributed by atoms with E-state index in [1.807, 2.05) is 0 Å². The Bertz CT molecular complexity index is 1420. The van der Waals surface area contributed by atoms with Crippen LogP contribution in [0.1, 0.15) is 38.1 Å². The van der Waals surface area contributed by atoms with Gasteiger partial charge in [-0.3, -0.25) is 10.1 Å². The molecule has 1 amide bonds. The first-order chi connectivity index (χ1) is 16.2. The molecule has 8 nitrogen and oxygen atoms in total. The number of hydrogen-bond donors (Lipinski definition) is 2. The summed E-state index contributed by atoms with van der Waals surface area (Å²) in [5, 5.41) is 1.87. The molecule has 0 fully saturated rings. The average molecular weight is 556 g/mol. The predicted molar refractivity (Wildman–Crippen MR) is 127 cm³/mol. The van der Waals surface area contributed by atoms with E-state index in [1.165, 1.54) is 6.92 Å². The van der Waals surface area contributed by atoms with Gasteiger partial charge in [-0.25, -0.2) is 22.8 Å². The van der Waals surface area contributed by atoms with Crippen molar-refractivity contribution in [3.05, 3.63) is 62.1 Å². The Morgan fingerprint density at radius 3 is 2.37 bits per heavy atom. The minimum Gasteiger partial charge on any atom is -0.462 e. The second-order valence-electron chi connectivity index (χ2n) is 8.35. The molecule has 12 heteroatoms. The molecule has 0 saturated heterocycles. The Kier molecular flexibility index (Phi) is 7.16. The van der Waals surface area contributed by atoms with Crippen LogP contribution in [-0.4, -0.2) is 28.8 Å². The van der Waals surface area contributed by atoms with Crippen LogP contribution in [-0.2, 0) is 9.47 Å². The van der Waals surface area contributed by atoms with E-state index in [0.717, 1.165) is 22.9 Å². The first-order valence-electron chi connectivity index (χ1n) is 10.2. The maximum absolute atomic E-state index is 15.0. The molecule has 0 atom stereocenters. The lowest BCUT2D eigenvalue weighted by Crippen LogP contribution is -2.27. The third-order valence-corrected chi connectivity index (χ3v) is 5.45. The van der Waals surface area contributed by atoms with Crippen molar-refractivity contribution in [3.8, 4) is 5.69 Å². The molecule has 3 rings (SSSR count). The Morgan fingerprint density at radius 2 is 1.77 bits per heavy atom. The Morgan fingerprint density at radius 1 is 1.11 bits per heavy atom. The third kappa shape index (κ3) is 5.26. The first kappa shape index (κ1) is 26.1. The summed E-state index contributed by atoms with van der Waals surface area (Å²) in [5.41, 5.74) is 2.12. The number of nitrogens with zero attached hydrogens (tertiary/aromatic N) is 1. The molecule has 1 heterocycles. The lowest BCUT2D eigenvalue weighted by Gasteiger charge is -2.21. The molecule has 35 heavy (non-hydrogen) atoms. The number of nitrogens with one attached hydrogen (secondary N) is 1. The highest BCUT2D eigenvalue weighted by Gasteiger charge is 2.24. The Hall–Kier alpha value is -3.54. The molecule has 186 valence electrons. The van der Waals surface area contributed by atoms with Crippen molar-refractivity contribution in [2.75, 3.05) is 17.7 Å². The van der Waals surface area contributed by atoms with Crippen molar-refractivity contribution in [2.24, 2.45) is 0 Å². The summed E-state index contributed by atoms with van der Waals surface area (Å²) >= 11 is 3.11. The van der Waals surface area contributed by atoms with Crippen LogP contribution in [0.15, 0.2) is 33.7 Å². The molecule has 0 bridgehead atoms. The number of pyridine rings is 1. The van der Waals surface area contributed by atoms with Gasteiger partial charge in [0.2, 0.25) is 5.43 Å². The van der Waals surface area contributed by atoms with Crippen LogP contribution in [0.2, 0.25) is 0 Å². The number of ether oxygens (including phenoxy) is 2. The van der Waals surface area contributed by atoms with E-state index in [9.17, 15) is 23.2 Å². The van der Waals surface area contributed by atoms with Crippen molar-refractivity contribution in [3.63, 3.8) is 0 Å². The maximum Gasteiger partial charge on any atom is 0.412 e. The average Bonchev–Trinajstić information content (AvgIpc) is 2.73. The van der Waals surface area contributed by atoms with Crippen molar-refractivity contribution >= 4 is 50.3 Å². The standard InChI is InChI=1S/C23H21BrF3N3O5/c1-5-34-21(32)11-9-30(19-10(20(11)31)6-14(27)18(28)17(19)24)16-8-15(12(25)7-13(16)26)29-22(33)35-23(2,3)4/h6-9H,5,28H2,1-4H3,(H,29,33). The number of halogens is 4. The van der Waals surface area contributed by atoms with Gasteiger partial charge in [-0.1, -0.05) is 0 Å². The Balaban J connectivity index is 2.34. The first-order valence-corrected chi connectivity index (χ1v) is 11.0. The number of hydrogen-bond acceptors (Lipinski definition) is 6. The third-order valence-electron chi connectivity index (χ3n) is 4.64. The van der Waals surface area contributed by atoms with Crippen LogP contribution >= 0.6 is 15.9 Å². The maximum atomic E-state index is 15.0. The molecule has 0 saturated carbocycles. The minimum atomic E-state index is -1.12. The molecule has 3 aromatic rings. The number of nitrogen functional groups attached to an aromatic ring is 1. The fourth-order valence-corrected chi connectivity index (χ4v) is 3.80. The molecular formula is C23H21BrF3N3O5. The van der Waals surface area contributed by atoms with Crippen LogP contribution in [0, 0.1) is 17.5 Å². The van der Waals surface area contributed by atoms with E-state index < -0.39 is 51.8 Å². The molecule has 0 unspecified atom stereocenters. The predicted octanol–water partition coefficient (Wildman–Crippen LogP) is 5.28. The van der Waals surface area contributed by atoms with E-state index in [0.29, 0.717) is 6.07 Å². The van der Waals surface area contributed by atoms with Gasteiger partial charge in [-0.05, 0) is 55.8 Å². The summed E-state index contributed by atoms with van der Waals surface area (Å²) in [7, 11) is 0. The largest absolute Gasteiger partial charge is 0.462 e. The lowest BCUT2D eigenvalue weighted by molar-refractivity contribution is 0.0523. The number of rotatable bonds is 4. The number of nitrogens with two attached hydrogens (primary N) is 1. The zero-order valence-corrected chi connectivity index (χ0v) is 20.7. The van der Waals surface area contributed by atoms with Gasteiger partial charge in [0.1, 0.15) is 28.6 Å². The number of anilines is 2. The molecule has 0 radical (unpaired) electrons. The van der Waals surface area contributed by atoms with Crippen LogP contribution in [0.4, 0.5) is 29.3 Å². The highest BCUT2D eigenvalue weighted by atomic mass is 79.9. The normalized spacial score (nSPS) is 11.4. The zero-order chi connectivity index (χ0) is 26.2. The number of fused-ring (bicyclic) bond motifs is 1. The van der Waals surface area contributed by atoms with Crippen LogP contribution in [0.3, 0.4) is 0 Å². The van der Waals surface area contributed by atoms with Crippen LogP contribution in [0.25, 0.3) is 16.6 Å². The molecular weight excluding hydrogens is 535 g/mol. The lowest BCUT2D eigenvalue weighted by atomic mass is 10.1. The highest BCUT2D eigenvalue weighted by molar-refractivity contribution is 9.10. The SMILES string of the molecule is CCOC(=O)c1cn(-c2cc(NC(=O)OC(C)(C)C)c(F)cc2F)c2c(Br)c(N)c(F)cc2c1=O. The second-order valence-corrected chi connectivity index (χ2v) is 9.15. The van der Waals surface area contributed by atoms with E-state index in [4.69, 9.17) is 15.2 Å². The highest BCUT2D eigenvalue weighted by Crippen LogP contribution is 2.34.